The van der Waals surface area contributed by atoms with Crippen LogP contribution in [0.4, 0.5) is 17.3 Å². The van der Waals surface area contributed by atoms with Crippen molar-refractivity contribution < 1.29 is 5.11 Å². The van der Waals surface area contributed by atoms with Crippen LogP contribution in [-0.2, 0) is 0 Å². The second kappa shape index (κ2) is 10.8. The first-order valence-corrected chi connectivity index (χ1v) is 9.77. The van der Waals surface area contributed by atoms with Crippen molar-refractivity contribution >= 4 is 17.3 Å². The van der Waals surface area contributed by atoms with E-state index in [9.17, 15) is 0 Å². The van der Waals surface area contributed by atoms with Gasteiger partial charge in [-0.05, 0) is 31.5 Å². The molecular formula is C20H30N6O. The van der Waals surface area contributed by atoms with Crippen LogP contribution in [0.1, 0.15) is 12.8 Å². The highest BCUT2D eigenvalue weighted by molar-refractivity contribution is 5.58. The quantitative estimate of drug-likeness (QED) is 0.552. The highest BCUT2D eigenvalue weighted by Crippen LogP contribution is 2.15. The Balaban J connectivity index is 1.32. The fourth-order valence-electron chi connectivity index (χ4n) is 3.25. The van der Waals surface area contributed by atoms with E-state index in [1.807, 2.05) is 36.4 Å². The number of aliphatic hydroxyl groups excluding tert-OH is 1. The molecule has 1 aliphatic rings. The molecule has 146 valence electrons. The molecule has 1 aromatic carbocycles. The van der Waals surface area contributed by atoms with Gasteiger partial charge in [-0.3, -0.25) is 4.90 Å². The summed E-state index contributed by atoms with van der Waals surface area (Å²) in [5.41, 5.74) is 1.02. The topological polar surface area (TPSA) is 76.6 Å². The fourth-order valence-corrected chi connectivity index (χ4v) is 3.25. The molecule has 3 rings (SSSR count). The van der Waals surface area contributed by atoms with Gasteiger partial charge in [-0.2, -0.15) is 0 Å². The predicted molar refractivity (Wildman–Crippen MR) is 109 cm³/mol. The molecule has 0 amide bonds. The molecule has 7 nitrogen and oxygen atoms in total. The molecule has 2 heterocycles. The van der Waals surface area contributed by atoms with E-state index in [-0.39, 0.29) is 6.61 Å². The number of aromatic nitrogens is 2. The highest BCUT2D eigenvalue weighted by atomic mass is 16.3. The van der Waals surface area contributed by atoms with Gasteiger partial charge in [0.05, 0.1) is 6.61 Å². The Hall–Kier alpha value is -2.22. The second-order valence-electron chi connectivity index (χ2n) is 6.82. The first kappa shape index (κ1) is 19.5. The van der Waals surface area contributed by atoms with Crippen LogP contribution in [0.5, 0.6) is 0 Å². The largest absolute Gasteiger partial charge is 0.395 e. The first-order valence-electron chi connectivity index (χ1n) is 9.77. The molecule has 0 bridgehead atoms. The van der Waals surface area contributed by atoms with Gasteiger partial charge < -0.3 is 20.6 Å². The maximum Gasteiger partial charge on any atom is 0.135 e. The Morgan fingerprint density at radius 3 is 2.33 bits per heavy atom. The maximum absolute atomic E-state index is 8.99. The number of para-hydroxylation sites is 1. The molecule has 0 spiro atoms. The summed E-state index contributed by atoms with van der Waals surface area (Å²) < 4.78 is 0. The number of benzene rings is 1. The lowest BCUT2D eigenvalue weighted by Gasteiger charge is -2.34. The van der Waals surface area contributed by atoms with Crippen molar-refractivity contribution in [2.75, 3.05) is 63.1 Å². The van der Waals surface area contributed by atoms with E-state index in [2.05, 4.69) is 30.4 Å². The molecule has 0 saturated carbocycles. The zero-order chi connectivity index (χ0) is 18.7. The Morgan fingerprint density at radius 2 is 1.59 bits per heavy atom. The summed E-state index contributed by atoms with van der Waals surface area (Å²) in [5, 5.41) is 15.7. The first-order chi connectivity index (χ1) is 13.3. The summed E-state index contributed by atoms with van der Waals surface area (Å²) in [4.78, 5) is 13.4. The summed E-state index contributed by atoms with van der Waals surface area (Å²) in [6.07, 6.45) is 3.87. The van der Waals surface area contributed by atoms with Gasteiger partial charge >= 0.3 is 0 Å². The van der Waals surface area contributed by atoms with Gasteiger partial charge in [0.25, 0.3) is 0 Å². The predicted octanol–water partition coefficient (Wildman–Crippen LogP) is 2.02. The zero-order valence-corrected chi connectivity index (χ0v) is 15.8. The Bertz CT molecular complexity index is 661. The van der Waals surface area contributed by atoms with Crippen molar-refractivity contribution in [3.05, 3.63) is 42.7 Å². The molecule has 27 heavy (non-hydrogen) atoms. The summed E-state index contributed by atoms with van der Waals surface area (Å²) in [6, 6.07) is 11.9. The van der Waals surface area contributed by atoms with Crippen LogP contribution in [0.15, 0.2) is 42.7 Å². The Labute approximate surface area is 161 Å². The van der Waals surface area contributed by atoms with E-state index < -0.39 is 0 Å². The lowest BCUT2D eigenvalue weighted by atomic mass is 10.2. The minimum Gasteiger partial charge on any atom is -0.395 e. The molecule has 1 aromatic heterocycles. The van der Waals surface area contributed by atoms with E-state index in [0.717, 1.165) is 69.6 Å². The molecule has 2 aromatic rings. The second-order valence-corrected chi connectivity index (χ2v) is 6.82. The van der Waals surface area contributed by atoms with Gasteiger partial charge in [-0.15, -0.1) is 0 Å². The lowest BCUT2D eigenvalue weighted by molar-refractivity contribution is 0.112. The molecule has 1 aliphatic heterocycles. The summed E-state index contributed by atoms with van der Waals surface area (Å²) in [7, 11) is 0. The van der Waals surface area contributed by atoms with E-state index in [1.54, 1.807) is 6.33 Å². The molecule has 0 unspecified atom stereocenters. The molecule has 7 heteroatoms. The molecular weight excluding hydrogens is 340 g/mol. The fraction of sp³-hybridized carbons (Fsp3) is 0.500. The van der Waals surface area contributed by atoms with E-state index in [0.29, 0.717) is 0 Å². The van der Waals surface area contributed by atoms with Crippen molar-refractivity contribution in [2.24, 2.45) is 0 Å². The van der Waals surface area contributed by atoms with Crippen LogP contribution in [0.25, 0.3) is 0 Å². The molecule has 0 radical (unpaired) electrons. The molecule has 3 N–H and O–H groups in total. The van der Waals surface area contributed by atoms with Crippen LogP contribution < -0.4 is 10.6 Å². The number of β-amino-alcohol motifs (C(OH)–C–C–N with tert-alkyl or cyclic N) is 1. The third kappa shape index (κ3) is 6.78. The number of nitrogens with one attached hydrogen (secondary N) is 2. The number of nitrogens with zero attached hydrogens (tertiary/aromatic N) is 4. The molecule has 0 atom stereocenters. The third-order valence-corrected chi connectivity index (χ3v) is 4.80. The van der Waals surface area contributed by atoms with Gasteiger partial charge in [0.1, 0.15) is 18.0 Å². The van der Waals surface area contributed by atoms with Crippen molar-refractivity contribution in [3.8, 4) is 0 Å². The number of hydrogen-bond acceptors (Lipinski definition) is 7. The highest BCUT2D eigenvalue weighted by Gasteiger charge is 2.15. The van der Waals surface area contributed by atoms with Gasteiger partial charge in [0.2, 0.25) is 0 Å². The summed E-state index contributed by atoms with van der Waals surface area (Å²) in [6.45, 7) is 7.45. The minimum atomic E-state index is 0.261. The lowest BCUT2D eigenvalue weighted by Crippen LogP contribution is -2.47. The number of hydrogen-bond donors (Lipinski definition) is 3. The van der Waals surface area contributed by atoms with Crippen LogP contribution in [0.3, 0.4) is 0 Å². The standard InChI is InChI=1S/C20H30N6O/c27-15-14-26-12-10-25(11-13-26)9-5-4-8-21-19-16-20(23-17-22-19)24-18-6-2-1-3-7-18/h1-3,6-7,16-17,27H,4-5,8-15H2,(H2,21,22,23,24). The number of rotatable bonds is 10. The SMILES string of the molecule is OCCN1CCN(CCCCNc2cc(Nc3ccccc3)ncn2)CC1. The molecule has 1 fully saturated rings. The van der Waals surface area contributed by atoms with Gasteiger partial charge in [0, 0.05) is 51.0 Å². The van der Waals surface area contributed by atoms with Gasteiger partial charge in [-0.1, -0.05) is 18.2 Å². The average Bonchev–Trinajstić information content (AvgIpc) is 2.70. The Kier molecular flexibility index (Phi) is 7.83. The van der Waals surface area contributed by atoms with Gasteiger partial charge in [0.15, 0.2) is 0 Å². The monoisotopic (exact) mass is 370 g/mol. The van der Waals surface area contributed by atoms with E-state index >= 15 is 0 Å². The van der Waals surface area contributed by atoms with Gasteiger partial charge in [-0.25, -0.2) is 9.97 Å². The Morgan fingerprint density at radius 1 is 0.889 bits per heavy atom. The summed E-state index contributed by atoms with van der Waals surface area (Å²) >= 11 is 0. The van der Waals surface area contributed by atoms with Crippen molar-refractivity contribution in [2.45, 2.75) is 12.8 Å². The molecule has 1 saturated heterocycles. The van der Waals surface area contributed by atoms with Crippen LogP contribution in [0, 0.1) is 0 Å². The maximum atomic E-state index is 8.99. The van der Waals surface area contributed by atoms with E-state index in [1.165, 1.54) is 6.42 Å². The molecule has 0 aliphatic carbocycles. The average molecular weight is 371 g/mol. The smallest absolute Gasteiger partial charge is 0.135 e. The number of unbranched alkanes of at least 4 members (excludes halogenated alkanes) is 1. The zero-order valence-electron chi connectivity index (χ0n) is 15.8. The minimum absolute atomic E-state index is 0.261. The van der Waals surface area contributed by atoms with Crippen molar-refractivity contribution in [1.82, 2.24) is 19.8 Å². The number of piperazine rings is 1. The third-order valence-electron chi connectivity index (χ3n) is 4.80. The van der Waals surface area contributed by atoms with Crippen LogP contribution in [0.2, 0.25) is 0 Å². The summed E-state index contributed by atoms with van der Waals surface area (Å²) in [5.74, 6) is 1.64. The normalized spacial score (nSPS) is 15.6. The van der Waals surface area contributed by atoms with E-state index in [4.69, 9.17) is 5.11 Å². The van der Waals surface area contributed by atoms with Crippen molar-refractivity contribution in [3.63, 3.8) is 0 Å². The van der Waals surface area contributed by atoms with Crippen molar-refractivity contribution in [1.29, 1.82) is 0 Å². The number of aliphatic hydroxyl groups is 1. The number of anilines is 3. The van der Waals surface area contributed by atoms with Crippen LogP contribution >= 0.6 is 0 Å². The van der Waals surface area contributed by atoms with Crippen LogP contribution in [-0.4, -0.2) is 77.3 Å².